The minimum atomic E-state index is 1.14. The van der Waals surface area contributed by atoms with Crippen LogP contribution in [0.1, 0.15) is 0 Å². The fourth-order valence-corrected chi connectivity index (χ4v) is 6.35. The van der Waals surface area contributed by atoms with Crippen molar-refractivity contribution in [1.29, 1.82) is 0 Å². The molecule has 0 aliphatic heterocycles. The van der Waals surface area contributed by atoms with Crippen molar-refractivity contribution in [3.05, 3.63) is 152 Å². The van der Waals surface area contributed by atoms with Crippen molar-refractivity contribution in [3.8, 4) is 0 Å². The normalized spacial score (nSPS) is 11.6. The van der Waals surface area contributed by atoms with Gasteiger partial charge in [-0.3, -0.25) is 0 Å². The van der Waals surface area contributed by atoms with Crippen LogP contribution < -0.4 is 4.90 Å². The molecule has 0 aromatic heterocycles. The van der Waals surface area contributed by atoms with Gasteiger partial charge in [-0.25, -0.2) is 0 Å². The molecular weight excluding hydrogens is 470 g/mol. The quantitative estimate of drug-likeness (QED) is 0.220. The minimum absolute atomic E-state index is 1.14. The van der Waals surface area contributed by atoms with Crippen molar-refractivity contribution in [2.75, 3.05) is 4.90 Å². The van der Waals surface area contributed by atoms with Crippen molar-refractivity contribution < 1.29 is 0 Å². The Morgan fingerprint density at radius 3 is 1.08 bits per heavy atom. The number of anilines is 3. The van der Waals surface area contributed by atoms with Crippen LogP contribution in [0, 0.1) is 0 Å². The second-order valence-electron chi connectivity index (χ2n) is 10.1. The Balaban J connectivity index is 1.54. The van der Waals surface area contributed by atoms with Crippen LogP contribution in [0.5, 0.6) is 0 Å². The molecule has 8 aromatic rings. The maximum Gasteiger partial charge on any atom is 0.0468 e. The van der Waals surface area contributed by atoms with Gasteiger partial charge in [0.25, 0.3) is 0 Å². The van der Waals surface area contributed by atoms with Gasteiger partial charge in [-0.1, -0.05) is 115 Å². The summed E-state index contributed by atoms with van der Waals surface area (Å²) in [5.41, 5.74) is 3.43. The van der Waals surface area contributed by atoms with Crippen LogP contribution >= 0.6 is 0 Å². The molecular formula is C38H25N. The lowest BCUT2D eigenvalue weighted by atomic mass is 9.87. The van der Waals surface area contributed by atoms with Crippen LogP contribution in [0.25, 0.3) is 53.9 Å². The molecule has 182 valence electrons. The highest BCUT2D eigenvalue weighted by molar-refractivity contribution is 6.39. The first-order valence-corrected chi connectivity index (χ1v) is 13.5. The molecule has 39 heavy (non-hydrogen) atoms. The fraction of sp³-hybridized carbons (Fsp3) is 0. The Morgan fingerprint density at radius 2 is 0.615 bits per heavy atom. The number of hydrogen-bond acceptors (Lipinski definition) is 1. The second-order valence-corrected chi connectivity index (χ2v) is 10.1. The van der Waals surface area contributed by atoms with E-state index in [4.69, 9.17) is 0 Å². The first-order valence-electron chi connectivity index (χ1n) is 13.5. The molecule has 0 unspecified atom stereocenters. The van der Waals surface area contributed by atoms with Crippen LogP contribution in [0.4, 0.5) is 17.1 Å². The smallest absolute Gasteiger partial charge is 0.0468 e. The highest BCUT2D eigenvalue weighted by Crippen LogP contribution is 2.45. The summed E-state index contributed by atoms with van der Waals surface area (Å²) in [5.74, 6) is 0. The Bertz CT molecular complexity index is 2120. The van der Waals surface area contributed by atoms with E-state index in [2.05, 4.69) is 157 Å². The van der Waals surface area contributed by atoms with E-state index in [0.717, 1.165) is 17.1 Å². The average Bonchev–Trinajstić information content (AvgIpc) is 3.02. The predicted octanol–water partition coefficient (Wildman–Crippen LogP) is 10.9. The molecule has 8 rings (SSSR count). The zero-order valence-corrected chi connectivity index (χ0v) is 21.4. The average molecular weight is 496 g/mol. The third-order valence-corrected chi connectivity index (χ3v) is 7.98. The summed E-state index contributed by atoms with van der Waals surface area (Å²) in [6.07, 6.45) is 0. The molecule has 0 radical (unpaired) electrons. The van der Waals surface area contributed by atoms with Gasteiger partial charge < -0.3 is 4.90 Å². The lowest BCUT2D eigenvalue weighted by molar-refractivity contribution is 1.29. The highest BCUT2D eigenvalue weighted by Gasteiger charge is 2.18. The summed E-state index contributed by atoms with van der Waals surface area (Å²) in [5, 5.41) is 13.0. The number of fused-ring (bicyclic) bond motifs is 11. The summed E-state index contributed by atoms with van der Waals surface area (Å²) in [7, 11) is 0. The molecule has 0 N–H and O–H groups in total. The number of para-hydroxylation sites is 2. The number of rotatable bonds is 3. The van der Waals surface area contributed by atoms with Crippen molar-refractivity contribution in [2.24, 2.45) is 0 Å². The van der Waals surface area contributed by atoms with Gasteiger partial charge in [-0.05, 0) is 90.3 Å². The highest BCUT2D eigenvalue weighted by atomic mass is 15.1. The molecule has 1 nitrogen and oxygen atoms in total. The van der Waals surface area contributed by atoms with E-state index in [0.29, 0.717) is 0 Å². The standard InChI is InChI=1S/C38H25N/c1-3-13-26(14-4-1)39(27-15-5-2-6-16-27)28-23-24-35-36(25-28)31-19-9-12-22-34(31)37-32-20-10-7-17-29(32)30-18-8-11-21-33(30)38(35)37/h1-25H. The van der Waals surface area contributed by atoms with Gasteiger partial charge in [0.05, 0.1) is 0 Å². The lowest BCUT2D eigenvalue weighted by Gasteiger charge is -2.26. The maximum atomic E-state index is 2.38. The molecule has 1 heteroatoms. The molecule has 0 spiro atoms. The van der Waals surface area contributed by atoms with Gasteiger partial charge in [0.2, 0.25) is 0 Å². The Labute approximate surface area is 227 Å². The largest absolute Gasteiger partial charge is 0.310 e. The number of hydrogen-bond donors (Lipinski definition) is 0. The topological polar surface area (TPSA) is 3.24 Å². The van der Waals surface area contributed by atoms with Gasteiger partial charge in [0.15, 0.2) is 0 Å². The Hall–Kier alpha value is -5.14. The summed E-state index contributed by atoms with van der Waals surface area (Å²) < 4.78 is 0. The van der Waals surface area contributed by atoms with Crippen LogP contribution in [0.15, 0.2) is 152 Å². The first-order chi connectivity index (χ1) is 19.4. The van der Waals surface area contributed by atoms with Crippen molar-refractivity contribution in [2.45, 2.75) is 0 Å². The summed E-state index contributed by atoms with van der Waals surface area (Å²) in [6.45, 7) is 0. The van der Waals surface area contributed by atoms with Crippen molar-refractivity contribution in [1.82, 2.24) is 0 Å². The lowest BCUT2D eigenvalue weighted by Crippen LogP contribution is -2.09. The van der Waals surface area contributed by atoms with E-state index in [9.17, 15) is 0 Å². The molecule has 8 aromatic carbocycles. The third-order valence-electron chi connectivity index (χ3n) is 7.98. The predicted molar refractivity (Wildman–Crippen MR) is 169 cm³/mol. The molecule has 0 aliphatic rings. The minimum Gasteiger partial charge on any atom is -0.310 e. The molecule has 0 bridgehead atoms. The van der Waals surface area contributed by atoms with E-state index >= 15 is 0 Å². The Kier molecular flexibility index (Phi) is 4.89. The van der Waals surface area contributed by atoms with E-state index in [1.165, 1.54) is 53.9 Å². The zero-order chi connectivity index (χ0) is 25.8. The molecule has 0 saturated carbocycles. The Morgan fingerprint density at radius 1 is 0.256 bits per heavy atom. The van der Waals surface area contributed by atoms with Crippen LogP contribution in [-0.4, -0.2) is 0 Å². The van der Waals surface area contributed by atoms with Gasteiger partial charge in [0, 0.05) is 17.1 Å². The SMILES string of the molecule is c1ccc(N(c2ccccc2)c2ccc3c(c2)c2ccccc2c2c4ccccc4c4ccccc4c32)cc1. The van der Waals surface area contributed by atoms with Gasteiger partial charge in [-0.15, -0.1) is 0 Å². The molecule has 0 aliphatic carbocycles. The van der Waals surface area contributed by atoms with E-state index in [1.807, 2.05) is 0 Å². The van der Waals surface area contributed by atoms with Crippen LogP contribution in [-0.2, 0) is 0 Å². The fourth-order valence-electron chi connectivity index (χ4n) is 6.35. The van der Waals surface area contributed by atoms with Gasteiger partial charge in [-0.2, -0.15) is 0 Å². The molecule has 0 fully saturated rings. The monoisotopic (exact) mass is 495 g/mol. The first kappa shape index (κ1) is 21.9. The summed E-state index contributed by atoms with van der Waals surface area (Å²) >= 11 is 0. The van der Waals surface area contributed by atoms with Gasteiger partial charge >= 0.3 is 0 Å². The van der Waals surface area contributed by atoms with E-state index in [-0.39, 0.29) is 0 Å². The third kappa shape index (κ3) is 3.34. The van der Waals surface area contributed by atoms with Crippen molar-refractivity contribution >= 4 is 70.9 Å². The number of benzene rings is 8. The summed E-state index contributed by atoms with van der Waals surface area (Å²) in [6, 6.07) is 54.9. The second kappa shape index (κ2) is 8.72. The van der Waals surface area contributed by atoms with E-state index < -0.39 is 0 Å². The zero-order valence-electron chi connectivity index (χ0n) is 21.4. The van der Waals surface area contributed by atoms with Gasteiger partial charge in [0.1, 0.15) is 0 Å². The molecule has 0 saturated heterocycles. The van der Waals surface area contributed by atoms with E-state index in [1.54, 1.807) is 0 Å². The molecule has 0 atom stereocenters. The summed E-state index contributed by atoms with van der Waals surface area (Å²) in [4.78, 5) is 2.34. The van der Waals surface area contributed by atoms with Crippen LogP contribution in [0.3, 0.4) is 0 Å². The molecule has 0 heterocycles. The maximum absolute atomic E-state index is 2.38. The van der Waals surface area contributed by atoms with Crippen molar-refractivity contribution in [3.63, 3.8) is 0 Å². The number of nitrogens with zero attached hydrogens (tertiary/aromatic N) is 1. The van der Waals surface area contributed by atoms with Crippen LogP contribution in [0.2, 0.25) is 0 Å². The molecule has 0 amide bonds.